The van der Waals surface area contributed by atoms with Crippen LogP contribution in [0.3, 0.4) is 0 Å². The van der Waals surface area contributed by atoms with Gasteiger partial charge in [0, 0.05) is 12.2 Å². The summed E-state index contributed by atoms with van der Waals surface area (Å²) in [5.74, 6) is 0. The van der Waals surface area contributed by atoms with Crippen molar-refractivity contribution in [2.24, 2.45) is 0 Å². The van der Waals surface area contributed by atoms with E-state index in [4.69, 9.17) is 5.11 Å². The van der Waals surface area contributed by atoms with E-state index >= 15 is 0 Å². The first-order valence-corrected chi connectivity index (χ1v) is 6.47. The molecule has 1 heterocycles. The standard InChI is InChI=1S/C12H16N2O2S/c1-2-12-14-10-4-3-8(5-11(10)17-12)13-6-9(16)7-15/h3-5,9,13,15-16H,2,6-7H2,1H3. The van der Waals surface area contributed by atoms with Gasteiger partial charge >= 0.3 is 0 Å². The van der Waals surface area contributed by atoms with Crippen molar-refractivity contribution < 1.29 is 10.2 Å². The average Bonchev–Trinajstić information content (AvgIpc) is 2.77. The molecule has 4 nitrogen and oxygen atoms in total. The van der Waals surface area contributed by atoms with E-state index in [1.165, 1.54) is 0 Å². The first-order chi connectivity index (χ1) is 8.22. The predicted molar refractivity (Wildman–Crippen MR) is 70.6 cm³/mol. The van der Waals surface area contributed by atoms with E-state index < -0.39 is 6.10 Å². The highest BCUT2D eigenvalue weighted by Crippen LogP contribution is 2.25. The second-order valence-corrected chi connectivity index (χ2v) is 4.98. The second kappa shape index (κ2) is 5.44. The molecule has 0 amide bonds. The summed E-state index contributed by atoms with van der Waals surface area (Å²) in [5, 5.41) is 22.2. The molecule has 0 radical (unpaired) electrons. The van der Waals surface area contributed by atoms with Crippen LogP contribution in [0.1, 0.15) is 11.9 Å². The average molecular weight is 252 g/mol. The van der Waals surface area contributed by atoms with Gasteiger partial charge in [0.2, 0.25) is 0 Å². The van der Waals surface area contributed by atoms with Crippen molar-refractivity contribution in [3.8, 4) is 0 Å². The minimum absolute atomic E-state index is 0.226. The van der Waals surface area contributed by atoms with Crippen LogP contribution in [0.2, 0.25) is 0 Å². The van der Waals surface area contributed by atoms with Crippen molar-refractivity contribution >= 4 is 27.2 Å². The number of aliphatic hydroxyl groups is 2. The Balaban J connectivity index is 2.13. The van der Waals surface area contributed by atoms with Crippen molar-refractivity contribution in [3.05, 3.63) is 23.2 Å². The molecule has 3 N–H and O–H groups in total. The van der Waals surface area contributed by atoms with Crippen LogP contribution >= 0.6 is 11.3 Å². The molecule has 92 valence electrons. The lowest BCUT2D eigenvalue weighted by molar-refractivity contribution is 0.105. The van der Waals surface area contributed by atoms with E-state index in [0.717, 1.165) is 27.3 Å². The molecule has 0 aliphatic heterocycles. The van der Waals surface area contributed by atoms with Gasteiger partial charge < -0.3 is 15.5 Å². The fourth-order valence-corrected chi connectivity index (χ4v) is 2.48. The number of hydrogen-bond donors (Lipinski definition) is 3. The van der Waals surface area contributed by atoms with Gasteiger partial charge in [-0.2, -0.15) is 0 Å². The lowest BCUT2D eigenvalue weighted by atomic mass is 10.3. The number of benzene rings is 1. The molecule has 2 aromatic rings. The second-order valence-electron chi connectivity index (χ2n) is 3.86. The SMILES string of the molecule is CCc1nc2ccc(NCC(O)CO)cc2s1. The third kappa shape index (κ3) is 2.94. The number of aromatic nitrogens is 1. The van der Waals surface area contributed by atoms with Crippen LogP contribution in [0.25, 0.3) is 10.2 Å². The van der Waals surface area contributed by atoms with Crippen molar-refractivity contribution in [2.45, 2.75) is 19.4 Å². The van der Waals surface area contributed by atoms with Crippen LogP contribution < -0.4 is 5.32 Å². The normalized spacial score (nSPS) is 12.9. The van der Waals surface area contributed by atoms with Crippen LogP contribution in [0.15, 0.2) is 18.2 Å². The molecule has 1 aromatic heterocycles. The number of nitrogens with one attached hydrogen (secondary N) is 1. The molecule has 0 fully saturated rings. The van der Waals surface area contributed by atoms with Gasteiger partial charge in [0.15, 0.2) is 0 Å². The molecule has 0 spiro atoms. The molecule has 0 bridgehead atoms. The Kier molecular flexibility index (Phi) is 3.93. The summed E-state index contributed by atoms with van der Waals surface area (Å²) < 4.78 is 1.14. The molecule has 1 atom stereocenters. The maximum absolute atomic E-state index is 9.25. The van der Waals surface area contributed by atoms with Gasteiger partial charge in [-0.1, -0.05) is 6.92 Å². The fourth-order valence-electron chi connectivity index (χ4n) is 1.53. The maximum atomic E-state index is 9.25. The number of aliphatic hydroxyl groups excluding tert-OH is 2. The summed E-state index contributed by atoms with van der Waals surface area (Å²) in [5.41, 5.74) is 1.96. The van der Waals surface area contributed by atoms with Gasteiger partial charge in [0.1, 0.15) is 0 Å². The topological polar surface area (TPSA) is 65.4 Å². The molecule has 0 aliphatic rings. The molecule has 0 saturated heterocycles. The summed E-state index contributed by atoms with van der Waals surface area (Å²) in [6.07, 6.45) is 0.226. The number of nitrogens with zero attached hydrogens (tertiary/aromatic N) is 1. The quantitative estimate of drug-likeness (QED) is 0.756. The summed E-state index contributed by atoms with van der Waals surface area (Å²) in [6, 6.07) is 5.93. The maximum Gasteiger partial charge on any atom is 0.0942 e. The molecular formula is C12H16N2O2S. The molecule has 1 aromatic carbocycles. The Morgan fingerprint density at radius 3 is 3.00 bits per heavy atom. The van der Waals surface area contributed by atoms with Crippen LogP contribution in [0.5, 0.6) is 0 Å². The van der Waals surface area contributed by atoms with Crippen molar-refractivity contribution in [3.63, 3.8) is 0 Å². The largest absolute Gasteiger partial charge is 0.394 e. The van der Waals surface area contributed by atoms with Gasteiger partial charge in [-0.3, -0.25) is 0 Å². The van der Waals surface area contributed by atoms with Crippen LogP contribution in [-0.2, 0) is 6.42 Å². The summed E-state index contributed by atoms with van der Waals surface area (Å²) in [6.45, 7) is 2.21. The third-order valence-corrected chi connectivity index (χ3v) is 3.65. The summed E-state index contributed by atoms with van der Waals surface area (Å²) in [4.78, 5) is 4.49. The fraction of sp³-hybridized carbons (Fsp3) is 0.417. The Morgan fingerprint density at radius 2 is 2.29 bits per heavy atom. The van der Waals surface area contributed by atoms with Gasteiger partial charge in [-0.05, 0) is 24.6 Å². The third-order valence-electron chi connectivity index (χ3n) is 2.49. The molecular weight excluding hydrogens is 236 g/mol. The lowest BCUT2D eigenvalue weighted by Gasteiger charge is -2.09. The van der Waals surface area contributed by atoms with E-state index in [1.54, 1.807) is 11.3 Å². The van der Waals surface area contributed by atoms with Gasteiger partial charge in [0.25, 0.3) is 0 Å². The molecule has 17 heavy (non-hydrogen) atoms. The number of fused-ring (bicyclic) bond motifs is 1. The Morgan fingerprint density at radius 1 is 1.47 bits per heavy atom. The number of aryl methyl sites for hydroxylation is 1. The lowest BCUT2D eigenvalue weighted by Crippen LogP contribution is -2.22. The zero-order chi connectivity index (χ0) is 12.3. The smallest absolute Gasteiger partial charge is 0.0942 e. The number of thiazole rings is 1. The summed E-state index contributed by atoms with van der Waals surface area (Å²) >= 11 is 1.69. The minimum Gasteiger partial charge on any atom is -0.394 e. The molecule has 0 aliphatic carbocycles. The highest BCUT2D eigenvalue weighted by atomic mass is 32.1. The highest BCUT2D eigenvalue weighted by molar-refractivity contribution is 7.18. The molecule has 5 heteroatoms. The van der Waals surface area contributed by atoms with Gasteiger partial charge in [-0.15, -0.1) is 11.3 Å². The monoisotopic (exact) mass is 252 g/mol. The minimum atomic E-state index is -0.724. The van der Waals surface area contributed by atoms with Gasteiger partial charge in [-0.25, -0.2) is 4.98 Å². The van der Waals surface area contributed by atoms with E-state index in [1.807, 2.05) is 18.2 Å². The first kappa shape index (κ1) is 12.3. The van der Waals surface area contributed by atoms with Crippen LogP contribution in [0, 0.1) is 0 Å². The number of rotatable bonds is 5. The van der Waals surface area contributed by atoms with Crippen molar-refractivity contribution in [1.82, 2.24) is 4.98 Å². The van der Waals surface area contributed by atoms with Crippen LogP contribution in [-0.4, -0.2) is 34.5 Å². The molecule has 0 saturated carbocycles. The predicted octanol–water partition coefficient (Wildman–Crippen LogP) is 1.62. The molecule has 2 rings (SSSR count). The van der Waals surface area contributed by atoms with E-state index in [9.17, 15) is 5.11 Å². The van der Waals surface area contributed by atoms with E-state index in [0.29, 0.717) is 6.54 Å². The van der Waals surface area contributed by atoms with E-state index in [2.05, 4.69) is 17.2 Å². The zero-order valence-corrected chi connectivity index (χ0v) is 10.5. The molecule has 1 unspecified atom stereocenters. The van der Waals surface area contributed by atoms with Gasteiger partial charge in [0.05, 0.1) is 27.9 Å². The Bertz CT molecular complexity index is 498. The zero-order valence-electron chi connectivity index (χ0n) is 9.68. The Labute approximate surface area is 104 Å². The summed E-state index contributed by atoms with van der Waals surface area (Å²) in [7, 11) is 0. The Hall–Kier alpha value is -1.17. The van der Waals surface area contributed by atoms with Crippen molar-refractivity contribution in [1.29, 1.82) is 0 Å². The van der Waals surface area contributed by atoms with Crippen LogP contribution in [0.4, 0.5) is 5.69 Å². The first-order valence-electron chi connectivity index (χ1n) is 5.65. The highest BCUT2D eigenvalue weighted by Gasteiger charge is 2.05. The number of hydrogen-bond acceptors (Lipinski definition) is 5. The van der Waals surface area contributed by atoms with E-state index in [-0.39, 0.29) is 6.61 Å². The van der Waals surface area contributed by atoms with Crippen molar-refractivity contribution in [2.75, 3.05) is 18.5 Å². The number of anilines is 1.